The van der Waals surface area contributed by atoms with Crippen molar-refractivity contribution < 1.29 is 4.79 Å². The molecule has 1 aromatic carbocycles. The van der Waals surface area contributed by atoms with Crippen molar-refractivity contribution in [3.05, 3.63) is 35.4 Å². The van der Waals surface area contributed by atoms with Crippen LogP contribution < -0.4 is 5.32 Å². The predicted octanol–water partition coefficient (Wildman–Crippen LogP) is 0.897. The molecule has 1 fully saturated rings. The third-order valence-corrected chi connectivity index (χ3v) is 4.19. The molecule has 1 atom stereocenters. The first-order valence-electron chi connectivity index (χ1n) is 7.01. The van der Waals surface area contributed by atoms with Crippen molar-refractivity contribution in [2.75, 3.05) is 33.2 Å². The monoisotopic (exact) mass is 295 g/mol. The zero-order chi connectivity index (χ0) is 13.2. The molecule has 1 saturated heterocycles. The van der Waals surface area contributed by atoms with E-state index in [0.29, 0.717) is 0 Å². The van der Waals surface area contributed by atoms with Crippen molar-refractivity contribution in [3.63, 3.8) is 0 Å². The van der Waals surface area contributed by atoms with Crippen molar-refractivity contribution in [2.45, 2.75) is 19.0 Å². The van der Waals surface area contributed by atoms with Crippen molar-refractivity contribution >= 4 is 18.3 Å². The standard InChI is InChI=1S/C15H21N3O.ClH/c1-17-6-8-18(9-7-17)15(19)14-10-12-4-2-3-5-13(12)11-16-14;/h2-5,14,16H,6-11H2,1H3;1H. The fourth-order valence-electron chi connectivity index (χ4n) is 2.88. The Kier molecular flexibility index (Phi) is 5.02. The Hall–Kier alpha value is -1.10. The minimum absolute atomic E-state index is 0. The minimum atomic E-state index is -0.0432. The molecule has 0 aliphatic carbocycles. The van der Waals surface area contributed by atoms with Gasteiger partial charge in [0.05, 0.1) is 6.04 Å². The van der Waals surface area contributed by atoms with Crippen LogP contribution in [-0.4, -0.2) is 55.0 Å². The van der Waals surface area contributed by atoms with E-state index in [1.165, 1.54) is 11.1 Å². The molecule has 0 radical (unpaired) electrons. The molecule has 2 aliphatic heterocycles. The number of fused-ring (bicyclic) bond motifs is 1. The molecule has 1 unspecified atom stereocenters. The maximum Gasteiger partial charge on any atom is 0.240 e. The van der Waals surface area contributed by atoms with Gasteiger partial charge in [-0.1, -0.05) is 24.3 Å². The van der Waals surface area contributed by atoms with Crippen LogP contribution in [0.2, 0.25) is 0 Å². The zero-order valence-electron chi connectivity index (χ0n) is 11.8. The van der Waals surface area contributed by atoms with Gasteiger partial charge in [0, 0.05) is 32.7 Å². The Morgan fingerprint density at radius 2 is 1.80 bits per heavy atom. The quantitative estimate of drug-likeness (QED) is 0.836. The summed E-state index contributed by atoms with van der Waals surface area (Å²) in [6.07, 6.45) is 0.821. The molecule has 1 N–H and O–H groups in total. The molecule has 1 aromatic rings. The second-order valence-corrected chi connectivity index (χ2v) is 5.53. The third-order valence-electron chi connectivity index (χ3n) is 4.19. The van der Waals surface area contributed by atoms with E-state index in [1.807, 2.05) is 4.90 Å². The molecule has 20 heavy (non-hydrogen) atoms. The van der Waals surface area contributed by atoms with Gasteiger partial charge in [-0.05, 0) is 24.6 Å². The summed E-state index contributed by atoms with van der Waals surface area (Å²) in [5, 5.41) is 3.38. The lowest BCUT2D eigenvalue weighted by Gasteiger charge is -2.36. The maximum atomic E-state index is 12.5. The number of piperazine rings is 1. The summed E-state index contributed by atoms with van der Waals surface area (Å²) in [6, 6.07) is 8.35. The van der Waals surface area contributed by atoms with Gasteiger partial charge < -0.3 is 15.1 Å². The smallest absolute Gasteiger partial charge is 0.240 e. The van der Waals surface area contributed by atoms with Crippen molar-refractivity contribution in [2.24, 2.45) is 0 Å². The normalized spacial score (nSPS) is 22.9. The van der Waals surface area contributed by atoms with E-state index in [-0.39, 0.29) is 24.4 Å². The fraction of sp³-hybridized carbons (Fsp3) is 0.533. The summed E-state index contributed by atoms with van der Waals surface area (Å²) in [6.45, 7) is 4.48. The van der Waals surface area contributed by atoms with Gasteiger partial charge in [0.2, 0.25) is 5.91 Å². The van der Waals surface area contributed by atoms with Gasteiger partial charge in [0.1, 0.15) is 0 Å². The Morgan fingerprint density at radius 1 is 1.15 bits per heavy atom. The summed E-state index contributed by atoms with van der Waals surface area (Å²) < 4.78 is 0. The van der Waals surface area contributed by atoms with Gasteiger partial charge in [-0.3, -0.25) is 4.79 Å². The Balaban J connectivity index is 0.00000147. The molecule has 2 aliphatic rings. The molecular weight excluding hydrogens is 274 g/mol. The highest BCUT2D eigenvalue weighted by atomic mass is 35.5. The highest BCUT2D eigenvalue weighted by molar-refractivity contribution is 5.85. The zero-order valence-corrected chi connectivity index (χ0v) is 12.7. The van der Waals surface area contributed by atoms with Crippen LogP contribution in [0.3, 0.4) is 0 Å². The van der Waals surface area contributed by atoms with Gasteiger partial charge in [0.15, 0.2) is 0 Å². The number of carbonyl (C=O) groups is 1. The Labute approximate surface area is 126 Å². The molecule has 0 spiro atoms. The molecule has 1 amide bonds. The first-order chi connectivity index (χ1) is 9.24. The molecule has 0 aromatic heterocycles. The molecule has 110 valence electrons. The SMILES string of the molecule is CN1CCN(C(=O)C2Cc3ccccc3CN2)CC1.Cl. The predicted molar refractivity (Wildman–Crippen MR) is 82.1 cm³/mol. The lowest BCUT2D eigenvalue weighted by Crippen LogP contribution is -2.54. The molecule has 0 bridgehead atoms. The summed E-state index contributed by atoms with van der Waals surface area (Å²) in [7, 11) is 2.11. The number of hydrogen-bond acceptors (Lipinski definition) is 3. The van der Waals surface area contributed by atoms with Crippen LogP contribution >= 0.6 is 12.4 Å². The van der Waals surface area contributed by atoms with E-state index in [4.69, 9.17) is 0 Å². The number of benzene rings is 1. The molecule has 2 heterocycles. The average molecular weight is 296 g/mol. The summed E-state index contributed by atoms with van der Waals surface area (Å²) in [4.78, 5) is 16.8. The lowest BCUT2D eigenvalue weighted by atomic mass is 9.95. The van der Waals surface area contributed by atoms with E-state index >= 15 is 0 Å². The Bertz CT molecular complexity index is 472. The number of rotatable bonds is 1. The maximum absolute atomic E-state index is 12.5. The van der Waals surface area contributed by atoms with Crippen LogP contribution in [0.15, 0.2) is 24.3 Å². The second-order valence-electron chi connectivity index (χ2n) is 5.53. The summed E-state index contributed by atoms with van der Waals surface area (Å²) in [5.74, 6) is 0.266. The van der Waals surface area contributed by atoms with Gasteiger partial charge in [-0.15, -0.1) is 12.4 Å². The van der Waals surface area contributed by atoms with Crippen molar-refractivity contribution in [1.29, 1.82) is 0 Å². The van der Waals surface area contributed by atoms with Gasteiger partial charge in [-0.2, -0.15) is 0 Å². The molecule has 0 saturated carbocycles. The van der Waals surface area contributed by atoms with E-state index in [2.05, 4.69) is 41.5 Å². The summed E-state index contributed by atoms with van der Waals surface area (Å²) in [5.41, 5.74) is 2.64. The highest BCUT2D eigenvalue weighted by Crippen LogP contribution is 2.17. The minimum Gasteiger partial charge on any atom is -0.339 e. The van der Waals surface area contributed by atoms with Gasteiger partial charge >= 0.3 is 0 Å². The second kappa shape index (κ2) is 6.57. The average Bonchev–Trinajstić information content (AvgIpc) is 2.47. The largest absolute Gasteiger partial charge is 0.339 e. The lowest BCUT2D eigenvalue weighted by molar-refractivity contribution is -0.135. The van der Waals surface area contributed by atoms with E-state index in [1.54, 1.807) is 0 Å². The first-order valence-corrected chi connectivity index (χ1v) is 7.01. The molecule has 5 heteroatoms. The van der Waals surface area contributed by atoms with E-state index in [9.17, 15) is 4.79 Å². The number of likely N-dealkylation sites (N-methyl/N-ethyl adjacent to an activating group) is 1. The van der Waals surface area contributed by atoms with Crippen LogP contribution in [-0.2, 0) is 17.8 Å². The molecular formula is C15H22ClN3O. The van der Waals surface area contributed by atoms with Crippen LogP contribution in [0.5, 0.6) is 0 Å². The van der Waals surface area contributed by atoms with E-state index in [0.717, 1.165) is 39.1 Å². The molecule has 4 nitrogen and oxygen atoms in total. The first kappa shape index (κ1) is 15.3. The van der Waals surface area contributed by atoms with Crippen molar-refractivity contribution in [1.82, 2.24) is 15.1 Å². The summed E-state index contributed by atoms with van der Waals surface area (Å²) >= 11 is 0. The Morgan fingerprint density at radius 3 is 2.50 bits per heavy atom. The fourth-order valence-corrected chi connectivity index (χ4v) is 2.88. The third kappa shape index (κ3) is 3.14. The van der Waals surface area contributed by atoms with Crippen LogP contribution in [0.25, 0.3) is 0 Å². The van der Waals surface area contributed by atoms with E-state index < -0.39 is 0 Å². The van der Waals surface area contributed by atoms with Crippen LogP contribution in [0, 0.1) is 0 Å². The number of carbonyl (C=O) groups excluding carboxylic acids is 1. The number of nitrogens with one attached hydrogen (secondary N) is 1. The number of nitrogens with zero attached hydrogens (tertiary/aromatic N) is 2. The van der Waals surface area contributed by atoms with Crippen molar-refractivity contribution in [3.8, 4) is 0 Å². The number of amides is 1. The van der Waals surface area contributed by atoms with Gasteiger partial charge in [0.25, 0.3) is 0 Å². The van der Waals surface area contributed by atoms with Gasteiger partial charge in [-0.25, -0.2) is 0 Å². The number of hydrogen-bond donors (Lipinski definition) is 1. The highest BCUT2D eigenvalue weighted by Gasteiger charge is 2.29. The number of halogens is 1. The molecule has 3 rings (SSSR count). The van der Waals surface area contributed by atoms with Crippen LogP contribution in [0.1, 0.15) is 11.1 Å². The topological polar surface area (TPSA) is 35.6 Å². The van der Waals surface area contributed by atoms with Crippen LogP contribution in [0.4, 0.5) is 0 Å².